The molecule has 7 heteroatoms. The lowest BCUT2D eigenvalue weighted by Gasteiger charge is -2.31. The summed E-state index contributed by atoms with van der Waals surface area (Å²) in [5.41, 5.74) is -0.536. The maximum absolute atomic E-state index is 12.6. The quantitative estimate of drug-likeness (QED) is 0.877. The summed E-state index contributed by atoms with van der Waals surface area (Å²) >= 11 is 0. The lowest BCUT2D eigenvalue weighted by molar-refractivity contribution is -0.137. The maximum Gasteiger partial charge on any atom is 0.228 e. The van der Waals surface area contributed by atoms with E-state index in [9.17, 15) is 4.79 Å². The molecule has 2 aliphatic heterocycles. The van der Waals surface area contributed by atoms with Crippen LogP contribution in [-0.2, 0) is 14.3 Å². The predicted molar refractivity (Wildman–Crippen MR) is 74.6 cm³/mol. The molecular weight excluding hydrogens is 272 g/mol. The van der Waals surface area contributed by atoms with Crippen molar-refractivity contribution in [3.05, 3.63) is 12.4 Å². The van der Waals surface area contributed by atoms with E-state index in [1.165, 1.54) is 0 Å². The van der Waals surface area contributed by atoms with E-state index in [1.807, 2.05) is 13.8 Å². The molecule has 3 atom stereocenters. The summed E-state index contributed by atoms with van der Waals surface area (Å²) in [7, 11) is 0. The Labute approximate surface area is 124 Å². The summed E-state index contributed by atoms with van der Waals surface area (Å²) in [4.78, 5) is 12.6. The molecule has 0 saturated carbocycles. The fourth-order valence-corrected chi connectivity index (χ4v) is 2.98. The van der Waals surface area contributed by atoms with E-state index < -0.39 is 5.41 Å². The Hall–Kier alpha value is -1.47. The largest absolute Gasteiger partial charge is 0.377 e. The lowest BCUT2D eigenvalue weighted by atomic mass is 9.83. The van der Waals surface area contributed by atoms with E-state index in [0.29, 0.717) is 13.2 Å². The van der Waals surface area contributed by atoms with Crippen molar-refractivity contribution in [2.45, 2.75) is 44.9 Å². The molecule has 1 N–H and O–H groups in total. The number of carbonyl (C=O) groups excluding carboxylic acids is 1. The molecule has 116 valence electrons. The number of aromatic nitrogens is 3. The van der Waals surface area contributed by atoms with Crippen LogP contribution in [-0.4, -0.2) is 52.9 Å². The Kier molecular flexibility index (Phi) is 3.95. The molecule has 3 heterocycles. The number of hydrogen-bond donors (Lipinski definition) is 1. The summed E-state index contributed by atoms with van der Waals surface area (Å²) in [6, 6.07) is -0.0865. The lowest BCUT2D eigenvalue weighted by Crippen LogP contribution is -2.50. The zero-order valence-electron chi connectivity index (χ0n) is 12.5. The third-order valence-corrected chi connectivity index (χ3v) is 4.47. The first-order valence-electron chi connectivity index (χ1n) is 7.45. The summed E-state index contributed by atoms with van der Waals surface area (Å²) < 4.78 is 12.9. The molecule has 1 amide bonds. The number of hydrogen-bond acceptors (Lipinski definition) is 5. The van der Waals surface area contributed by atoms with Gasteiger partial charge in [-0.1, -0.05) is 5.21 Å². The van der Waals surface area contributed by atoms with Gasteiger partial charge in [-0.25, -0.2) is 4.68 Å². The van der Waals surface area contributed by atoms with Crippen molar-refractivity contribution < 1.29 is 14.3 Å². The fourth-order valence-electron chi connectivity index (χ4n) is 2.98. The summed E-state index contributed by atoms with van der Waals surface area (Å²) in [5.74, 6) is 0.00927. The third kappa shape index (κ3) is 2.80. The van der Waals surface area contributed by atoms with Crippen molar-refractivity contribution in [2.75, 3.05) is 19.8 Å². The van der Waals surface area contributed by atoms with E-state index in [1.54, 1.807) is 17.1 Å². The molecular formula is C14H22N4O3. The highest BCUT2D eigenvalue weighted by Gasteiger charge is 2.42. The minimum atomic E-state index is -0.536. The van der Waals surface area contributed by atoms with Gasteiger partial charge in [0.1, 0.15) is 0 Å². The smallest absolute Gasteiger partial charge is 0.228 e. The average Bonchev–Trinajstić information content (AvgIpc) is 3.20. The first kappa shape index (κ1) is 14.5. The van der Waals surface area contributed by atoms with Crippen LogP contribution >= 0.6 is 0 Å². The minimum absolute atomic E-state index is 0.00301. The van der Waals surface area contributed by atoms with Gasteiger partial charge in [0.25, 0.3) is 0 Å². The van der Waals surface area contributed by atoms with Crippen molar-refractivity contribution in [1.82, 2.24) is 20.3 Å². The van der Waals surface area contributed by atoms with E-state index in [0.717, 1.165) is 19.4 Å². The van der Waals surface area contributed by atoms with Crippen molar-refractivity contribution in [3.63, 3.8) is 0 Å². The van der Waals surface area contributed by atoms with Crippen LogP contribution in [0.2, 0.25) is 0 Å². The Morgan fingerprint density at radius 2 is 2.29 bits per heavy atom. The van der Waals surface area contributed by atoms with Crippen molar-refractivity contribution >= 4 is 5.91 Å². The van der Waals surface area contributed by atoms with Crippen LogP contribution in [0.4, 0.5) is 0 Å². The Morgan fingerprint density at radius 3 is 2.95 bits per heavy atom. The fraction of sp³-hybridized carbons (Fsp3) is 0.786. The van der Waals surface area contributed by atoms with Gasteiger partial charge < -0.3 is 14.8 Å². The summed E-state index contributed by atoms with van der Waals surface area (Å²) in [5, 5.41) is 10.9. The zero-order valence-corrected chi connectivity index (χ0v) is 12.5. The number of amides is 1. The third-order valence-electron chi connectivity index (χ3n) is 4.47. The summed E-state index contributed by atoms with van der Waals surface area (Å²) in [6.45, 7) is 5.67. The number of carbonyl (C=O) groups is 1. The van der Waals surface area contributed by atoms with Crippen molar-refractivity contribution in [2.24, 2.45) is 5.41 Å². The Bertz CT molecular complexity index is 482. The van der Waals surface area contributed by atoms with Gasteiger partial charge in [-0.05, 0) is 26.7 Å². The second-order valence-electron chi connectivity index (χ2n) is 6.29. The van der Waals surface area contributed by atoms with Crippen LogP contribution in [0, 0.1) is 5.41 Å². The molecule has 0 bridgehead atoms. The topological polar surface area (TPSA) is 78.3 Å². The SMILES string of the molecule is CC(C)(C(=O)N[C@@H]1COC[C@@H]1n1ccnn1)C1CCCO1. The van der Waals surface area contributed by atoms with Gasteiger partial charge in [0.15, 0.2) is 0 Å². The van der Waals surface area contributed by atoms with Crippen LogP contribution in [0.1, 0.15) is 32.7 Å². The van der Waals surface area contributed by atoms with E-state index in [2.05, 4.69) is 15.6 Å². The molecule has 2 aliphatic rings. The average molecular weight is 294 g/mol. The Balaban J connectivity index is 1.66. The molecule has 0 radical (unpaired) electrons. The molecule has 3 rings (SSSR count). The highest BCUT2D eigenvalue weighted by atomic mass is 16.5. The number of nitrogens with one attached hydrogen (secondary N) is 1. The number of ether oxygens (including phenoxy) is 2. The molecule has 1 aromatic heterocycles. The van der Waals surface area contributed by atoms with E-state index >= 15 is 0 Å². The highest BCUT2D eigenvalue weighted by Crippen LogP contribution is 2.32. The minimum Gasteiger partial charge on any atom is -0.377 e. The van der Waals surface area contributed by atoms with Gasteiger partial charge in [-0.2, -0.15) is 0 Å². The van der Waals surface area contributed by atoms with Gasteiger partial charge in [0, 0.05) is 12.8 Å². The molecule has 1 aromatic rings. The van der Waals surface area contributed by atoms with E-state index in [-0.39, 0.29) is 24.1 Å². The maximum atomic E-state index is 12.6. The number of nitrogens with zero attached hydrogens (tertiary/aromatic N) is 3. The Morgan fingerprint density at radius 1 is 1.43 bits per heavy atom. The highest BCUT2D eigenvalue weighted by molar-refractivity contribution is 5.82. The predicted octanol–water partition coefficient (Wildman–Crippen LogP) is 0.539. The molecule has 21 heavy (non-hydrogen) atoms. The molecule has 2 fully saturated rings. The molecule has 2 saturated heterocycles. The van der Waals surface area contributed by atoms with Gasteiger partial charge in [-0.3, -0.25) is 4.79 Å². The number of rotatable bonds is 4. The van der Waals surface area contributed by atoms with E-state index in [4.69, 9.17) is 9.47 Å². The monoisotopic (exact) mass is 294 g/mol. The van der Waals surface area contributed by atoms with Crippen LogP contribution in [0.25, 0.3) is 0 Å². The molecule has 0 spiro atoms. The van der Waals surface area contributed by atoms with Crippen LogP contribution in [0.15, 0.2) is 12.4 Å². The van der Waals surface area contributed by atoms with Gasteiger partial charge in [0.05, 0.1) is 43.0 Å². The molecule has 0 aromatic carbocycles. The first-order chi connectivity index (χ1) is 10.1. The molecule has 7 nitrogen and oxygen atoms in total. The van der Waals surface area contributed by atoms with Crippen LogP contribution < -0.4 is 5.32 Å². The van der Waals surface area contributed by atoms with Gasteiger partial charge >= 0.3 is 0 Å². The van der Waals surface area contributed by atoms with Crippen LogP contribution in [0.5, 0.6) is 0 Å². The van der Waals surface area contributed by atoms with Gasteiger partial charge in [0.2, 0.25) is 5.91 Å². The van der Waals surface area contributed by atoms with Crippen molar-refractivity contribution in [1.29, 1.82) is 0 Å². The molecule has 1 unspecified atom stereocenters. The van der Waals surface area contributed by atoms with Crippen molar-refractivity contribution in [3.8, 4) is 0 Å². The first-order valence-corrected chi connectivity index (χ1v) is 7.45. The molecule has 0 aliphatic carbocycles. The normalized spacial score (nSPS) is 29.7. The summed E-state index contributed by atoms with van der Waals surface area (Å²) in [6.07, 6.45) is 5.38. The van der Waals surface area contributed by atoms with Gasteiger partial charge in [-0.15, -0.1) is 5.10 Å². The second kappa shape index (κ2) is 5.73. The second-order valence-corrected chi connectivity index (χ2v) is 6.29. The zero-order chi connectivity index (χ0) is 14.9. The van der Waals surface area contributed by atoms with Crippen LogP contribution in [0.3, 0.4) is 0 Å². The standard InChI is InChI=1S/C14H22N4O3/c1-14(2,12-4-3-7-21-12)13(19)16-10-8-20-9-11(10)18-6-5-15-17-18/h5-6,10-12H,3-4,7-9H2,1-2H3,(H,16,19)/t10-,11+,12?/m1/s1.